The first-order valence-electron chi connectivity index (χ1n) is 9.31. The van der Waals surface area contributed by atoms with Gasteiger partial charge in [0.05, 0.1) is 0 Å². The van der Waals surface area contributed by atoms with Crippen molar-refractivity contribution in [2.75, 3.05) is 24.6 Å². The van der Waals surface area contributed by atoms with E-state index in [4.69, 9.17) is 4.74 Å². The summed E-state index contributed by atoms with van der Waals surface area (Å²) in [6, 6.07) is 13.9. The van der Waals surface area contributed by atoms with Crippen molar-refractivity contribution in [2.45, 2.75) is 18.9 Å². The van der Waals surface area contributed by atoms with Gasteiger partial charge in [-0.05, 0) is 53.9 Å². The number of piperidine rings is 1. The Morgan fingerprint density at radius 2 is 1.82 bits per heavy atom. The highest BCUT2D eigenvalue weighted by Crippen LogP contribution is 2.24. The third kappa shape index (κ3) is 4.59. The van der Waals surface area contributed by atoms with E-state index in [9.17, 15) is 4.79 Å². The van der Waals surface area contributed by atoms with Gasteiger partial charge < -0.3 is 15.0 Å². The number of nitrogens with zero attached hydrogens (tertiary/aromatic N) is 3. The van der Waals surface area contributed by atoms with Crippen molar-refractivity contribution in [1.29, 1.82) is 0 Å². The number of rotatable bonds is 5. The Morgan fingerprint density at radius 1 is 1.11 bits per heavy atom. The van der Waals surface area contributed by atoms with Crippen LogP contribution in [0.3, 0.4) is 0 Å². The van der Waals surface area contributed by atoms with E-state index in [1.54, 1.807) is 12.4 Å². The summed E-state index contributed by atoms with van der Waals surface area (Å²) in [4.78, 5) is 23.0. The predicted molar refractivity (Wildman–Crippen MR) is 113 cm³/mol. The zero-order valence-corrected chi connectivity index (χ0v) is 16.9. The third-order valence-corrected chi connectivity index (χ3v) is 5.33. The Morgan fingerprint density at radius 3 is 2.61 bits per heavy atom. The SMILES string of the molecule is O=C(COc1ccc2cc(Br)ccc2c1)NC1CCN(c2ncccn2)CC1. The summed E-state index contributed by atoms with van der Waals surface area (Å²) >= 11 is 3.47. The maximum Gasteiger partial charge on any atom is 0.258 e. The average Bonchev–Trinajstić information content (AvgIpc) is 2.73. The number of carbonyl (C=O) groups excluding carboxylic acids is 1. The average molecular weight is 441 g/mol. The Balaban J connectivity index is 1.25. The van der Waals surface area contributed by atoms with Crippen LogP contribution >= 0.6 is 15.9 Å². The summed E-state index contributed by atoms with van der Waals surface area (Å²) in [5, 5.41) is 5.27. The fraction of sp³-hybridized carbons (Fsp3) is 0.286. The zero-order chi connectivity index (χ0) is 19.3. The van der Waals surface area contributed by atoms with Gasteiger partial charge in [-0.3, -0.25) is 4.79 Å². The number of hydrogen-bond donors (Lipinski definition) is 1. The first-order chi connectivity index (χ1) is 13.7. The summed E-state index contributed by atoms with van der Waals surface area (Å²) in [6.07, 6.45) is 5.24. The van der Waals surface area contributed by atoms with Gasteiger partial charge in [-0.25, -0.2) is 9.97 Å². The van der Waals surface area contributed by atoms with Gasteiger partial charge in [-0.15, -0.1) is 0 Å². The molecule has 1 aliphatic heterocycles. The maximum atomic E-state index is 12.3. The number of halogens is 1. The Labute approximate surface area is 172 Å². The van der Waals surface area contributed by atoms with E-state index in [0.29, 0.717) is 5.75 Å². The van der Waals surface area contributed by atoms with Crippen molar-refractivity contribution >= 4 is 38.6 Å². The molecule has 0 bridgehead atoms. The summed E-state index contributed by atoms with van der Waals surface area (Å²) < 4.78 is 6.72. The molecule has 2 heterocycles. The van der Waals surface area contributed by atoms with Gasteiger partial charge in [-0.1, -0.05) is 28.1 Å². The zero-order valence-electron chi connectivity index (χ0n) is 15.3. The Hall–Kier alpha value is -2.67. The van der Waals surface area contributed by atoms with Gasteiger partial charge in [0.2, 0.25) is 5.95 Å². The molecule has 0 unspecified atom stereocenters. The fourth-order valence-electron chi connectivity index (χ4n) is 3.38. The number of hydrogen-bond acceptors (Lipinski definition) is 5. The van der Waals surface area contributed by atoms with Gasteiger partial charge in [-0.2, -0.15) is 0 Å². The van der Waals surface area contributed by atoms with E-state index >= 15 is 0 Å². The second-order valence-corrected chi connectivity index (χ2v) is 7.74. The van der Waals surface area contributed by atoms with Gasteiger partial charge in [0.1, 0.15) is 5.75 Å². The van der Waals surface area contributed by atoms with E-state index < -0.39 is 0 Å². The first kappa shape index (κ1) is 18.7. The van der Waals surface area contributed by atoms with Crippen LogP contribution in [0, 0.1) is 0 Å². The van der Waals surface area contributed by atoms with Crippen LogP contribution in [0.15, 0.2) is 59.3 Å². The molecule has 1 aromatic heterocycles. The van der Waals surface area contributed by atoms with Crippen LogP contribution < -0.4 is 15.0 Å². The molecule has 1 aliphatic rings. The summed E-state index contributed by atoms with van der Waals surface area (Å²) in [5.74, 6) is 1.35. The van der Waals surface area contributed by atoms with Crippen molar-refractivity contribution in [1.82, 2.24) is 15.3 Å². The third-order valence-electron chi connectivity index (χ3n) is 4.84. The summed E-state index contributed by atoms with van der Waals surface area (Å²) in [6.45, 7) is 1.68. The summed E-state index contributed by atoms with van der Waals surface area (Å²) in [7, 11) is 0. The van der Waals surface area contributed by atoms with Crippen LogP contribution in [0.4, 0.5) is 5.95 Å². The molecule has 144 valence electrons. The molecular weight excluding hydrogens is 420 g/mol. The molecule has 1 amide bonds. The van der Waals surface area contributed by atoms with Crippen LogP contribution in [0.2, 0.25) is 0 Å². The molecule has 3 aromatic rings. The minimum atomic E-state index is -0.0923. The number of benzene rings is 2. The molecule has 2 aromatic carbocycles. The van der Waals surface area contributed by atoms with Crippen molar-refractivity contribution < 1.29 is 9.53 Å². The van der Waals surface area contributed by atoms with Crippen LogP contribution in [0.1, 0.15) is 12.8 Å². The molecule has 1 saturated heterocycles. The molecule has 1 fully saturated rings. The molecule has 0 saturated carbocycles. The molecule has 0 atom stereocenters. The van der Waals surface area contributed by atoms with Crippen molar-refractivity contribution in [3.05, 3.63) is 59.3 Å². The minimum Gasteiger partial charge on any atom is -0.484 e. The van der Waals surface area contributed by atoms with Crippen molar-refractivity contribution in [2.24, 2.45) is 0 Å². The van der Waals surface area contributed by atoms with E-state index in [1.807, 2.05) is 36.4 Å². The smallest absolute Gasteiger partial charge is 0.258 e. The Bertz CT molecular complexity index is 959. The number of amides is 1. The second-order valence-electron chi connectivity index (χ2n) is 6.82. The molecule has 0 spiro atoms. The number of carbonyl (C=O) groups is 1. The molecule has 0 aliphatic carbocycles. The van der Waals surface area contributed by atoms with Crippen LogP contribution in [0.5, 0.6) is 5.75 Å². The standard InChI is InChI=1S/C21H21BrN4O2/c22-17-4-2-16-13-19(5-3-15(16)12-17)28-14-20(27)25-18-6-10-26(11-7-18)21-23-8-1-9-24-21/h1-5,8-9,12-13,18H,6-7,10-11,14H2,(H,25,27). The number of nitrogens with one attached hydrogen (secondary N) is 1. The second kappa shape index (κ2) is 8.56. The lowest BCUT2D eigenvalue weighted by atomic mass is 10.1. The van der Waals surface area contributed by atoms with Gasteiger partial charge in [0.25, 0.3) is 5.91 Å². The molecule has 28 heavy (non-hydrogen) atoms. The van der Waals surface area contributed by atoms with Crippen molar-refractivity contribution in [3.8, 4) is 5.75 Å². The Kier molecular flexibility index (Phi) is 5.71. The molecule has 4 rings (SSSR count). The summed E-state index contributed by atoms with van der Waals surface area (Å²) in [5.41, 5.74) is 0. The first-order valence-corrected chi connectivity index (χ1v) is 10.1. The van der Waals surface area contributed by atoms with Crippen LogP contribution in [0.25, 0.3) is 10.8 Å². The lowest BCUT2D eigenvalue weighted by Gasteiger charge is -2.32. The number of ether oxygens (including phenoxy) is 1. The van der Waals surface area contributed by atoms with Gasteiger partial charge >= 0.3 is 0 Å². The van der Waals surface area contributed by atoms with Crippen molar-refractivity contribution in [3.63, 3.8) is 0 Å². The van der Waals surface area contributed by atoms with Crippen LogP contribution in [-0.2, 0) is 4.79 Å². The topological polar surface area (TPSA) is 67.3 Å². The molecule has 6 nitrogen and oxygen atoms in total. The largest absolute Gasteiger partial charge is 0.484 e. The van der Waals surface area contributed by atoms with E-state index in [2.05, 4.69) is 42.2 Å². The highest BCUT2D eigenvalue weighted by Gasteiger charge is 2.22. The molecule has 7 heteroatoms. The minimum absolute atomic E-state index is 0.0179. The monoisotopic (exact) mass is 440 g/mol. The highest BCUT2D eigenvalue weighted by atomic mass is 79.9. The quantitative estimate of drug-likeness (QED) is 0.656. The molecule has 1 N–H and O–H groups in total. The number of aromatic nitrogens is 2. The normalized spacial score (nSPS) is 14.8. The lowest BCUT2D eigenvalue weighted by Crippen LogP contribution is -2.46. The number of anilines is 1. The predicted octanol–water partition coefficient (Wildman–Crippen LogP) is 3.56. The lowest BCUT2D eigenvalue weighted by molar-refractivity contribution is -0.123. The van der Waals surface area contributed by atoms with E-state index in [1.165, 1.54) is 0 Å². The van der Waals surface area contributed by atoms with Crippen LogP contribution in [-0.4, -0.2) is 41.6 Å². The maximum absolute atomic E-state index is 12.3. The van der Waals surface area contributed by atoms with Gasteiger partial charge in [0, 0.05) is 36.0 Å². The highest BCUT2D eigenvalue weighted by molar-refractivity contribution is 9.10. The number of fused-ring (bicyclic) bond motifs is 1. The molecule has 0 radical (unpaired) electrons. The fourth-order valence-corrected chi connectivity index (χ4v) is 3.76. The molecular formula is C21H21BrN4O2. The van der Waals surface area contributed by atoms with E-state index in [-0.39, 0.29) is 18.6 Å². The van der Waals surface area contributed by atoms with E-state index in [0.717, 1.165) is 47.1 Å². The van der Waals surface area contributed by atoms with Gasteiger partial charge in [0.15, 0.2) is 6.61 Å².